The second kappa shape index (κ2) is 21.5. The first-order valence-corrected chi connectivity index (χ1v) is 20.5. The molecule has 9 nitrogen and oxygen atoms in total. The van der Waals surface area contributed by atoms with Gasteiger partial charge in [-0.05, 0) is 103 Å². The number of amides is 2. The molecule has 54 heavy (non-hydrogen) atoms. The van der Waals surface area contributed by atoms with Gasteiger partial charge in [0.15, 0.2) is 0 Å². The summed E-state index contributed by atoms with van der Waals surface area (Å²) in [7, 11) is 1.91. The van der Waals surface area contributed by atoms with Crippen molar-refractivity contribution in [2.75, 3.05) is 53.2 Å². The van der Waals surface area contributed by atoms with Crippen LogP contribution < -0.4 is 15.2 Å². The Morgan fingerprint density at radius 1 is 1.02 bits per heavy atom. The van der Waals surface area contributed by atoms with E-state index < -0.39 is 22.6 Å². The van der Waals surface area contributed by atoms with Crippen molar-refractivity contribution in [3.63, 3.8) is 0 Å². The van der Waals surface area contributed by atoms with Gasteiger partial charge in [-0.3, -0.25) is 13.8 Å². The summed E-state index contributed by atoms with van der Waals surface area (Å²) in [6.07, 6.45) is 4.24. The molecule has 4 aromatic carbocycles. The highest BCUT2D eigenvalue weighted by Gasteiger charge is 2.30. The number of hydrogen-bond donors (Lipinski definition) is 1. The van der Waals surface area contributed by atoms with Crippen LogP contribution in [0.4, 0.5) is 0 Å². The largest absolute Gasteiger partial charge is 0.497 e. The predicted octanol–water partition coefficient (Wildman–Crippen LogP) is 8.46. The maximum Gasteiger partial charge on any atom is 0.258 e. The molecule has 0 bridgehead atoms. The fourth-order valence-corrected chi connectivity index (χ4v) is 7.97. The van der Waals surface area contributed by atoms with Crippen molar-refractivity contribution >= 4 is 45.0 Å². The molecule has 2 amide bonds. The molecular weight excluding hydrogens is 720 g/mol. The molecule has 0 aromatic heterocycles. The van der Waals surface area contributed by atoms with Gasteiger partial charge < -0.3 is 25.0 Å². The van der Waals surface area contributed by atoms with Gasteiger partial charge in [0.1, 0.15) is 17.6 Å². The molecule has 0 aliphatic carbocycles. The van der Waals surface area contributed by atoms with Gasteiger partial charge >= 0.3 is 0 Å². The molecule has 1 saturated heterocycles. The fraction of sp³-hybridized carbons (Fsp3) is 0.419. The lowest BCUT2D eigenvalue weighted by molar-refractivity contribution is -0.118. The third-order valence-electron chi connectivity index (χ3n) is 9.63. The van der Waals surface area contributed by atoms with Gasteiger partial charge in [-0.25, -0.2) is 0 Å². The maximum absolute atomic E-state index is 14.5. The van der Waals surface area contributed by atoms with E-state index in [1.54, 1.807) is 19.4 Å². The summed E-state index contributed by atoms with van der Waals surface area (Å²) in [4.78, 5) is 31.6. The minimum atomic E-state index is -1.13. The number of rotatable bonds is 13. The zero-order chi connectivity index (χ0) is 39.9. The van der Waals surface area contributed by atoms with Crippen LogP contribution in [0.25, 0.3) is 10.8 Å². The fourth-order valence-electron chi connectivity index (χ4n) is 6.93. The van der Waals surface area contributed by atoms with Crippen molar-refractivity contribution < 1.29 is 23.3 Å². The van der Waals surface area contributed by atoms with Crippen molar-refractivity contribution in [2.45, 2.75) is 70.6 Å². The molecular formula is C43H55ClN4O5S. The monoisotopic (exact) mass is 774 g/mol. The number of benzene rings is 4. The van der Waals surface area contributed by atoms with E-state index in [0.717, 1.165) is 54.1 Å². The van der Waals surface area contributed by atoms with E-state index in [2.05, 4.69) is 11.0 Å². The number of carbonyl (C=O) groups is 2. The SMILES string of the molecule is CC.CC.COc1ccc(C2CCN(CCC(CN(CC(N)=O)C(=O)c3c(OC)c(C#N)cc4ccccc34)c3ccc(C)c(Cl)c3)CC2)c(S(C)=O)c1. The number of ether oxygens (including phenoxy) is 2. The number of nitrogens with two attached hydrogens (primary N) is 1. The number of fused-ring (bicyclic) bond motifs is 1. The van der Waals surface area contributed by atoms with Gasteiger partial charge in [-0.1, -0.05) is 81.8 Å². The van der Waals surface area contributed by atoms with Gasteiger partial charge in [0.05, 0.1) is 42.7 Å². The molecule has 290 valence electrons. The van der Waals surface area contributed by atoms with Crippen LogP contribution in [-0.4, -0.2) is 79.0 Å². The molecule has 2 atom stereocenters. The molecule has 1 heterocycles. The Hall–Kier alpha value is -4.43. The molecule has 2 N–H and O–H groups in total. The van der Waals surface area contributed by atoms with E-state index in [9.17, 15) is 19.1 Å². The van der Waals surface area contributed by atoms with Crippen LogP contribution >= 0.6 is 11.6 Å². The number of nitrogens with zero attached hydrogens (tertiary/aromatic N) is 3. The second-order valence-electron chi connectivity index (χ2n) is 12.8. The Morgan fingerprint density at radius 2 is 1.70 bits per heavy atom. The quantitative estimate of drug-likeness (QED) is 0.145. The molecule has 2 unspecified atom stereocenters. The van der Waals surface area contributed by atoms with Crippen LogP contribution in [0.1, 0.15) is 91.4 Å². The van der Waals surface area contributed by atoms with Crippen LogP contribution in [0.5, 0.6) is 11.5 Å². The summed E-state index contributed by atoms with van der Waals surface area (Å²) < 4.78 is 23.6. The minimum Gasteiger partial charge on any atom is -0.497 e. The van der Waals surface area contributed by atoms with Crippen molar-refractivity contribution in [1.29, 1.82) is 5.26 Å². The summed E-state index contributed by atoms with van der Waals surface area (Å²) in [6.45, 7) is 12.3. The highest BCUT2D eigenvalue weighted by molar-refractivity contribution is 7.84. The normalized spacial score (nSPS) is 14.0. The summed E-state index contributed by atoms with van der Waals surface area (Å²) in [5.74, 6) is -0.114. The van der Waals surface area contributed by atoms with Crippen molar-refractivity contribution in [3.8, 4) is 17.6 Å². The van der Waals surface area contributed by atoms with E-state index >= 15 is 0 Å². The number of piperidine rings is 1. The topological polar surface area (TPSA) is 126 Å². The number of aryl methyl sites for hydroxylation is 1. The van der Waals surface area contributed by atoms with Gasteiger partial charge in [0.25, 0.3) is 5.91 Å². The van der Waals surface area contributed by atoms with Crippen molar-refractivity contribution in [2.24, 2.45) is 5.73 Å². The molecule has 0 radical (unpaired) electrons. The highest BCUT2D eigenvalue weighted by Crippen LogP contribution is 2.36. The van der Waals surface area contributed by atoms with E-state index in [1.807, 2.05) is 95.3 Å². The average molecular weight is 775 g/mol. The lowest BCUT2D eigenvalue weighted by atomic mass is 9.88. The standard InChI is InChI=1S/C39H43ClN4O5S.2C2H6/c1-25-9-10-27(20-34(25)40)29(15-18-43-16-13-26(14-17-43)32-12-11-31(48-2)21-35(32)50(4)47)23-44(24-36(42)45)39(46)37-33-8-6-5-7-28(33)19-30(22-41)38(37)49-3;2*1-2/h5-12,19-21,26,29H,13-18,23-24H2,1-4H3,(H2,42,45);2*1-2H3. The number of hydrogen-bond acceptors (Lipinski definition) is 7. The molecule has 1 aliphatic rings. The number of primary amides is 1. The van der Waals surface area contributed by atoms with Crippen LogP contribution in [0.3, 0.4) is 0 Å². The number of methoxy groups -OCH3 is 2. The van der Waals surface area contributed by atoms with Gasteiger partial charge in [-0.15, -0.1) is 0 Å². The Bertz CT molecular complexity index is 1950. The smallest absolute Gasteiger partial charge is 0.258 e. The van der Waals surface area contributed by atoms with Crippen LogP contribution in [-0.2, 0) is 15.6 Å². The van der Waals surface area contributed by atoms with E-state index in [4.69, 9.17) is 26.8 Å². The molecule has 11 heteroatoms. The van der Waals surface area contributed by atoms with Crippen molar-refractivity contribution in [1.82, 2.24) is 9.80 Å². The first-order valence-electron chi connectivity index (χ1n) is 18.6. The van der Waals surface area contributed by atoms with Gasteiger partial charge in [0, 0.05) is 28.6 Å². The first kappa shape index (κ1) is 44.0. The molecule has 0 spiro atoms. The summed E-state index contributed by atoms with van der Waals surface area (Å²) >= 11 is 6.61. The van der Waals surface area contributed by atoms with Crippen LogP contribution in [0.2, 0.25) is 5.02 Å². The third kappa shape index (κ3) is 10.8. The summed E-state index contributed by atoms with van der Waals surface area (Å²) in [5.41, 5.74) is 9.19. The molecule has 4 aromatic rings. The second-order valence-corrected chi connectivity index (χ2v) is 14.5. The predicted molar refractivity (Wildman–Crippen MR) is 220 cm³/mol. The Morgan fingerprint density at radius 3 is 2.30 bits per heavy atom. The first-order chi connectivity index (χ1) is 26.0. The molecule has 1 aliphatic heterocycles. The van der Waals surface area contributed by atoms with Gasteiger partial charge in [-0.2, -0.15) is 5.26 Å². The lowest BCUT2D eigenvalue weighted by Crippen LogP contribution is -2.42. The van der Waals surface area contributed by atoms with Gasteiger partial charge in [0.2, 0.25) is 5.91 Å². The lowest BCUT2D eigenvalue weighted by Gasteiger charge is -2.34. The Kier molecular flexibility index (Phi) is 17.5. The Balaban J connectivity index is 0.00000190. The van der Waals surface area contributed by atoms with Crippen LogP contribution in [0, 0.1) is 18.3 Å². The number of likely N-dealkylation sites (tertiary alicyclic amines) is 1. The Labute approximate surface area is 328 Å². The molecule has 5 rings (SSSR count). The maximum atomic E-state index is 14.5. The zero-order valence-corrected chi connectivity index (χ0v) is 34.5. The van der Waals surface area contributed by atoms with E-state index in [-0.39, 0.29) is 35.9 Å². The molecule has 0 saturated carbocycles. The number of halogens is 1. The third-order valence-corrected chi connectivity index (χ3v) is 11.0. The average Bonchev–Trinajstić information content (AvgIpc) is 3.20. The van der Waals surface area contributed by atoms with E-state index in [1.165, 1.54) is 12.0 Å². The van der Waals surface area contributed by atoms with E-state index in [0.29, 0.717) is 33.9 Å². The summed E-state index contributed by atoms with van der Waals surface area (Å²) in [6, 6.07) is 22.9. The summed E-state index contributed by atoms with van der Waals surface area (Å²) in [5, 5.41) is 11.9. The van der Waals surface area contributed by atoms with Crippen molar-refractivity contribution in [3.05, 3.63) is 99.6 Å². The highest BCUT2D eigenvalue weighted by atomic mass is 35.5. The molecule has 1 fully saturated rings. The number of nitriles is 1. The zero-order valence-electron chi connectivity index (χ0n) is 32.9. The van der Waals surface area contributed by atoms with Crippen LogP contribution in [0.15, 0.2) is 71.6 Å². The minimum absolute atomic E-state index is 0.162. The number of carbonyl (C=O) groups excluding carboxylic acids is 2.